The molecule has 3 aromatic carbocycles. The molecule has 0 fully saturated rings. The van der Waals surface area contributed by atoms with Gasteiger partial charge in [0.2, 0.25) is 4.96 Å². The maximum Gasteiger partial charge on any atom is 0.291 e. The van der Waals surface area contributed by atoms with Crippen molar-refractivity contribution in [2.24, 2.45) is 0 Å². The molecular formula is C28H19N5O3S. The molecule has 3 aromatic heterocycles. The molecule has 180 valence electrons. The van der Waals surface area contributed by atoms with Crippen LogP contribution in [-0.2, 0) is 0 Å². The Bertz CT molecular complexity index is 1840. The minimum Gasteiger partial charge on any atom is -0.485 e. The van der Waals surface area contributed by atoms with Crippen molar-refractivity contribution in [3.05, 3.63) is 117 Å². The number of thiazole rings is 1. The lowest BCUT2D eigenvalue weighted by molar-refractivity contribution is 0.0852. The topological polar surface area (TPSA) is 83.5 Å². The van der Waals surface area contributed by atoms with Crippen LogP contribution in [0.2, 0.25) is 0 Å². The molecule has 0 amide bonds. The van der Waals surface area contributed by atoms with Crippen LogP contribution in [0.15, 0.2) is 95.9 Å². The first-order chi connectivity index (χ1) is 18.2. The number of benzene rings is 3. The number of hydrogen-bond donors (Lipinski definition) is 0. The predicted octanol–water partition coefficient (Wildman–Crippen LogP) is 4.06. The molecule has 1 aliphatic heterocycles. The summed E-state index contributed by atoms with van der Waals surface area (Å²) in [7, 11) is 0. The second-order valence-electron chi connectivity index (χ2n) is 8.52. The highest BCUT2D eigenvalue weighted by atomic mass is 32.1. The largest absolute Gasteiger partial charge is 0.485 e. The van der Waals surface area contributed by atoms with Crippen LogP contribution in [0.25, 0.3) is 28.0 Å². The maximum atomic E-state index is 13.3. The van der Waals surface area contributed by atoms with Crippen LogP contribution in [0, 0.1) is 0 Å². The Morgan fingerprint density at radius 3 is 2.41 bits per heavy atom. The molecule has 1 unspecified atom stereocenters. The third-order valence-electron chi connectivity index (χ3n) is 6.09. The summed E-state index contributed by atoms with van der Waals surface area (Å²) >= 11 is 1.29. The van der Waals surface area contributed by atoms with Gasteiger partial charge in [-0.1, -0.05) is 72.0 Å². The second-order valence-corrected chi connectivity index (χ2v) is 9.53. The summed E-state index contributed by atoms with van der Waals surface area (Å²) in [5.41, 5.74) is 3.28. The highest BCUT2D eigenvalue weighted by Crippen LogP contribution is 2.35. The van der Waals surface area contributed by atoms with Crippen molar-refractivity contribution in [1.82, 2.24) is 24.4 Å². The number of ether oxygens (including phenoxy) is 2. The fourth-order valence-corrected chi connectivity index (χ4v) is 5.21. The van der Waals surface area contributed by atoms with Crippen LogP contribution in [0.5, 0.6) is 11.5 Å². The molecule has 8 nitrogen and oxygen atoms in total. The van der Waals surface area contributed by atoms with Crippen LogP contribution in [0.3, 0.4) is 0 Å². The van der Waals surface area contributed by atoms with Gasteiger partial charge in [-0.15, -0.1) is 5.10 Å². The van der Waals surface area contributed by atoms with E-state index >= 15 is 0 Å². The van der Waals surface area contributed by atoms with E-state index in [1.54, 1.807) is 0 Å². The van der Waals surface area contributed by atoms with Crippen LogP contribution >= 0.6 is 11.3 Å². The lowest BCUT2D eigenvalue weighted by atomic mass is 10.1. The molecule has 0 bridgehead atoms. The van der Waals surface area contributed by atoms with E-state index < -0.39 is 6.10 Å². The van der Waals surface area contributed by atoms with Gasteiger partial charge in [-0.05, 0) is 30.3 Å². The van der Waals surface area contributed by atoms with Crippen LogP contribution in [-0.4, -0.2) is 31.0 Å². The van der Waals surface area contributed by atoms with Gasteiger partial charge in [0.25, 0.3) is 5.56 Å². The smallest absolute Gasteiger partial charge is 0.291 e. The number of para-hydroxylation sites is 3. The number of rotatable bonds is 4. The van der Waals surface area contributed by atoms with E-state index in [0.717, 1.165) is 22.5 Å². The van der Waals surface area contributed by atoms with Crippen molar-refractivity contribution in [2.75, 3.05) is 6.61 Å². The van der Waals surface area contributed by atoms with Crippen molar-refractivity contribution in [1.29, 1.82) is 0 Å². The molecule has 0 radical (unpaired) electrons. The van der Waals surface area contributed by atoms with Gasteiger partial charge in [-0.3, -0.25) is 4.79 Å². The molecular weight excluding hydrogens is 486 g/mol. The summed E-state index contributed by atoms with van der Waals surface area (Å²) in [6.07, 6.45) is 3.31. The minimum atomic E-state index is -0.484. The van der Waals surface area contributed by atoms with Crippen molar-refractivity contribution < 1.29 is 9.47 Å². The maximum absolute atomic E-state index is 13.3. The van der Waals surface area contributed by atoms with E-state index in [0.29, 0.717) is 26.8 Å². The molecule has 0 N–H and O–H groups in total. The number of hydrogen-bond acceptors (Lipinski definition) is 7. The van der Waals surface area contributed by atoms with E-state index in [1.165, 1.54) is 15.9 Å². The number of aromatic nitrogens is 5. The third kappa shape index (κ3) is 3.85. The monoisotopic (exact) mass is 505 g/mol. The van der Waals surface area contributed by atoms with Crippen LogP contribution < -0.4 is 19.6 Å². The second kappa shape index (κ2) is 8.72. The van der Waals surface area contributed by atoms with Crippen LogP contribution in [0.1, 0.15) is 17.5 Å². The minimum absolute atomic E-state index is 0.234. The fraction of sp³-hybridized carbons (Fsp3) is 0.0714. The van der Waals surface area contributed by atoms with Gasteiger partial charge in [0.1, 0.15) is 6.61 Å². The molecule has 0 aliphatic carbocycles. The lowest BCUT2D eigenvalue weighted by Crippen LogP contribution is -2.26. The average molecular weight is 506 g/mol. The van der Waals surface area contributed by atoms with Gasteiger partial charge in [-0.25, -0.2) is 4.68 Å². The third-order valence-corrected chi connectivity index (χ3v) is 7.05. The molecule has 0 saturated heterocycles. The van der Waals surface area contributed by atoms with Crippen molar-refractivity contribution >= 4 is 22.4 Å². The van der Waals surface area contributed by atoms with Gasteiger partial charge in [0, 0.05) is 17.3 Å². The van der Waals surface area contributed by atoms with Crippen molar-refractivity contribution in [3.63, 3.8) is 0 Å². The molecule has 4 heterocycles. The summed E-state index contributed by atoms with van der Waals surface area (Å²) in [4.78, 5) is 18.4. The highest BCUT2D eigenvalue weighted by molar-refractivity contribution is 7.15. The fourth-order valence-electron chi connectivity index (χ4n) is 4.30. The van der Waals surface area contributed by atoms with Gasteiger partial charge >= 0.3 is 0 Å². The summed E-state index contributed by atoms with van der Waals surface area (Å²) in [5.74, 6) is 1.75. The average Bonchev–Trinajstić information content (AvgIpc) is 3.64. The van der Waals surface area contributed by atoms with E-state index in [2.05, 4.69) is 10.1 Å². The zero-order valence-electron chi connectivity index (χ0n) is 19.4. The van der Waals surface area contributed by atoms with E-state index in [9.17, 15) is 4.79 Å². The molecule has 9 heteroatoms. The molecule has 6 aromatic rings. The molecule has 0 saturated carbocycles. The quantitative estimate of drug-likeness (QED) is 0.359. The van der Waals surface area contributed by atoms with Gasteiger partial charge in [0.15, 0.2) is 23.4 Å². The van der Waals surface area contributed by atoms with Gasteiger partial charge in [0.05, 0.1) is 15.9 Å². The Morgan fingerprint density at radius 1 is 0.892 bits per heavy atom. The highest BCUT2D eigenvalue weighted by Gasteiger charge is 2.27. The standard InChI is InChI=1S/C28H19N5O3S/c34-27-24(37-28-29-26(31-33(27)28)23-17-35-21-13-7-8-14-22(21)36-23)15-19-16-32(20-11-5-2-6-12-20)30-25(19)18-9-3-1-4-10-18/h1-16,23H,17H2. The van der Waals surface area contributed by atoms with E-state index in [-0.39, 0.29) is 12.2 Å². The van der Waals surface area contributed by atoms with Crippen molar-refractivity contribution in [2.45, 2.75) is 6.10 Å². The summed E-state index contributed by atoms with van der Waals surface area (Å²) in [6.45, 7) is 0.279. The first-order valence-electron chi connectivity index (χ1n) is 11.7. The zero-order valence-corrected chi connectivity index (χ0v) is 20.2. The number of fused-ring (bicyclic) bond motifs is 2. The first-order valence-corrected chi connectivity index (χ1v) is 12.5. The Morgan fingerprint density at radius 2 is 1.62 bits per heavy atom. The zero-order chi connectivity index (χ0) is 24.8. The summed E-state index contributed by atoms with van der Waals surface area (Å²) in [6, 6.07) is 27.3. The normalized spacial score (nSPS) is 15.4. The molecule has 7 rings (SSSR count). The Hall–Kier alpha value is -4.76. The predicted molar refractivity (Wildman–Crippen MR) is 140 cm³/mol. The van der Waals surface area contributed by atoms with E-state index in [4.69, 9.17) is 14.6 Å². The molecule has 1 aliphatic rings. The van der Waals surface area contributed by atoms with E-state index in [1.807, 2.05) is 102 Å². The van der Waals surface area contributed by atoms with Crippen molar-refractivity contribution in [3.8, 4) is 28.4 Å². The Kier molecular flexibility index (Phi) is 5.07. The summed E-state index contributed by atoms with van der Waals surface area (Å²) in [5, 5.41) is 9.29. The van der Waals surface area contributed by atoms with Gasteiger partial charge < -0.3 is 9.47 Å². The van der Waals surface area contributed by atoms with Gasteiger partial charge in [-0.2, -0.15) is 14.6 Å². The lowest BCUT2D eigenvalue weighted by Gasteiger charge is -2.24. The molecule has 0 spiro atoms. The number of nitrogens with zero attached hydrogens (tertiary/aromatic N) is 5. The first kappa shape index (κ1) is 21.5. The molecule has 37 heavy (non-hydrogen) atoms. The Balaban J connectivity index is 1.28. The SMILES string of the molecule is O=c1c(=Cc2cn(-c3ccccc3)nc2-c2ccccc2)sc2nc(C3COc4ccccc4O3)nn12. The van der Waals surface area contributed by atoms with Crippen LogP contribution in [0.4, 0.5) is 0 Å². The Labute approximate surface area is 214 Å². The molecule has 1 atom stereocenters. The summed E-state index contributed by atoms with van der Waals surface area (Å²) < 4.78 is 15.5.